The molecular formula is C13H20N4OS. The monoisotopic (exact) mass is 280 g/mol. The van der Waals surface area contributed by atoms with Gasteiger partial charge in [-0.2, -0.15) is 4.98 Å². The van der Waals surface area contributed by atoms with Crippen LogP contribution in [0.1, 0.15) is 49.6 Å². The van der Waals surface area contributed by atoms with Gasteiger partial charge in [0.2, 0.25) is 5.89 Å². The van der Waals surface area contributed by atoms with E-state index in [4.69, 9.17) is 4.52 Å². The molecule has 0 spiro atoms. The van der Waals surface area contributed by atoms with E-state index in [9.17, 15) is 0 Å². The summed E-state index contributed by atoms with van der Waals surface area (Å²) in [5.41, 5.74) is 0.910. The normalized spacial score (nSPS) is 14.5. The Kier molecular flexibility index (Phi) is 4.31. The lowest BCUT2D eigenvalue weighted by Gasteiger charge is -2.26. The molecule has 2 heterocycles. The Hall–Kier alpha value is -1.27. The zero-order valence-electron chi connectivity index (χ0n) is 11.9. The predicted molar refractivity (Wildman–Crippen MR) is 75.0 cm³/mol. The van der Waals surface area contributed by atoms with E-state index >= 15 is 0 Å². The highest BCUT2D eigenvalue weighted by Gasteiger charge is 2.27. The zero-order valence-corrected chi connectivity index (χ0v) is 12.7. The van der Waals surface area contributed by atoms with Crippen molar-refractivity contribution in [3.8, 4) is 0 Å². The van der Waals surface area contributed by atoms with E-state index < -0.39 is 0 Å². The van der Waals surface area contributed by atoms with Crippen LogP contribution in [0.5, 0.6) is 0 Å². The Labute approximate surface area is 117 Å². The number of hydrogen-bond acceptors (Lipinski definition) is 6. The molecule has 0 aliphatic heterocycles. The maximum atomic E-state index is 5.20. The first-order valence-corrected chi connectivity index (χ1v) is 7.44. The molecule has 2 aromatic rings. The van der Waals surface area contributed by atoms with Crippen LogP contribution < -0.4 is 5.32 Å². The summed E-state index contributed by atoms with van der Waals surface area (Å²) in [6.07, 6.45) is 1.74. The van der Waals surface area contributed by atoms with Gasteiger partial charge in [-0.3, -0.25) is 5.32 Å². The molecule has 0 amide bonds. The smallest absolute Gasteiger partial charge is 0.240 e. The highest BCUT2D eigenvalue weighted by molar-refractivity contribution is 7.09. The van der Waals surface area contributed by atoms with E-state index in [1.807, 2.05) is 13.8 Å². The number of aryl methyl sites for hydroxylation is 2. The van der Waals surface area contributed by atoms with E-state index in [1.165, 1.54) is 0 Å². The van der Waals surface area contributed by atoms with Crippen molar-refractivity contribution in [2.24, 2.45) is 0 Å². The van der Waals surface area contributed by atoms with Gasteiger partial charge >= 0.3 is 0 Å². The van der Waals surface area contributed by atoms with Crippen LogP contribution in [0.4, 0.5) is 0 Å². The van der Waals surface area contributed by atoms with Gasteiger partial charge in [0.15, 0.2) is 5.82 Å². The molecule has 1 atom stereocenters. The van der Waals surface area contributed by atoms with Gasteiger partial charge in [-0.1, -0.05) is 19.0 Å². The molecule has 2 aromatic heterocycles. The first-order chi connectivity index (χ1) is 9.07. The summed E-state index contributed by atoms with van der Waals surface area (Å²) in [6.45, 7) is 8.89. The number of rotatable bonds is 6. The highest BCUT2D eigenvalue weighted by atomic mass is 32.1. The average Bonchev–Trinajstić information content (AvgIpc) is 3.05. The van der Waals surface area contributed by atoms with Crippen molar-refractivity contribution < 1.29 is 4.52 Å². The fourth-order valence-corrected chi connectivity index (χ4v) is 2.74. The zero-order chi connectivity index (χ0) is 13.9. The molecule has 1 N–H and O–H groups in total. The third kappa shape index (κ3) is 3.19. The summed E-state index contributed by atoms with van der Waals surface area (Å²) in [7, 11) is 0. The molecule has 104 valence electrons. The number of aromatic nitrogens is 3. The Morgan fingerprint density at radius 2 is 2.16 bits per heavy atom. The molecule has 5 nitrogen and oxygen atoms in total. The van der Waals surface area contributed by atoms with E-state index in [-0.39, 0.29) is 5.54 Å². The van der Waals surface area contributed by atoms with Gasteiger partial charge in [-0.25, -0.2) is 4.98 Å². The van der Waals surface area contributed by atoms with Crippen LogP contribution in [0.25, 0.3) is 0 Å². The largest absolute Gasteiger partial charge is 0.338 e. The first kappa shape index (κ1) is 14.1. The van der Waals surface area contributed by atoms with Gasteiger partial charge in [-0.05, 0) is 20.3 Å². The highest BCUT2D eigenvalue weighted by Crippen LogP contribution is 2.27. The lowest BCUT2D eigenvalue weighted by Crippen LogP contribution is -2.38. The molecule has 0 fully saturated rings. The maximum absolute atomic E-state index is 5.20. The van der Waals surface area contributed by atoms with Crippen LogP contribution in [0.3, 0.4) is 0 Å². The van der Waals surface area contributed by atoms with Crippen molar-refractivity contribution in [1.82, 2.24) is 20.4 Å². The van der Waals surface area contributed by atoms with Gasteiger partial charge < -0.3 is 4.52 Å². The van der Waals surface area contributed by atoms with Crippen molar-refractivity contribution in [1.29, 1.82) is 0 Å². The lowest BCUT2D eigenvalue weighted by atomic mass is 10.00. The van der Waals surface area contributed by atoms with Crippen LogP contribution >= 0.6 is 11.3 Å². The molecule has 0 bridgehead atoms. The summed E-state index contributed by atoms with van der Waals surface area (Å²) >= 11 is 1.69. The molecule has 2 rings (SSSR count). The van der Waals surface area contributed by atoms with Crippen LogP contribution in [0.2, 0.25) is 0 Å². The standard InChI is InChI=1S/C13H20N4OS/c1-5-10-16-11(18-17-10)7-14-13(4,6-2)12-15-9(3)8-19-12/h8,14H,5-7H2,1-4H3. The van der Waals surface area contributed by atoms with Gasteiger partial charge in [0.05, 0.1) is 12.1 Å². The van der Waals surface area contributed by atoms with Gasteiger partial charge in [0.1, 0.15) is 5.01 Å². The van der Waals surface area contributed by atoms with Crippen LogP contribution in [0.15, 0.2) is 9.90 Å². The number of hydrogen-bond donors (Lipinski definition) is 1. The summed E-state index contributed by atoms with van der Waals surface area (Å²) in [4.78, 5) is 8.88. The molecule has 0 saturated heterocycles. The Morgan fingerprint density at radius 1 is 1.37 bits per heavy atom. The van der Waals surface area contributed by atoms with E-state index in [2.05, 4.69) is 39.7 Å². The maximum Gasteiger partial charge on any atom is 0.240 e. The molecule has 0 radical (unpaired) electrons. The fourth-order valence-electron chi connectivity index (χ4n) is 1.74. The summed E-state index contributed by atoms with van der Waals surface area (Å²) in [5, 5.41) is 10.6. The van der Waals surface area contributed by atoms with E-state index in [0.717, 1.165) is 29.4 Å². The fraction of sp³-hybridized carbons (Fsp3) is 0.615. The van der Waals surface area contributed by atoms with Crippen molar-refractivity contribution in [3.05, 3.63) is 27.8 Å². The van der Waals surface area contributed by atoms with E-state index in [1.54, 1.807) is 11.3 Å². The van der Waals surface area contributed by atoms with Crippen molar-refractivity contribution in [2.75, 3.05) is 0 Å². The molecule has 0 saturated carbocycles. The second kappa shape index (κ2) is 5.79. The predicted octanol–water partition coefficient (Wildman–Crippen LogP) is 2.81. The minimum atomic E-state index is -0.153. The van der Waals surface area contributed by atoms with Gasteiger partial charge in [0, 0.05) is 17.5 Å². The second-order valence-corrected chi connectivity index (χ2v) is 5.65. The van der Waals surface area contributed by atoms with Crippen molar-refractivity contribution in [3.63, 3.8) is 0 Å². The second-order valence-electron chi connectivity index (χ2n) is 4.79. The lowest BCUT2D eigenvalue weighted by molar-refractivity contribution is 0.304. The van der Waals surface area contributed by atoms with Crippen LogP contribution in [-0.4, -0.2) is 15.1 Å². The SMILES string of the molecule is CCc1noc(CNC(C)(CC)c2nc(C)cs2)n1. The third-order valence-electron chi connectivity index (χ3n) is 3.25. The minimum absolute atomic E-state index is 0.153. The third-order valence-corrected chi connectivity index (χ3v) is 4.48. The van der Waals surface area contributed by atoms with Crippen LogP contribution in [-0.2, 0) is 18.5 Å². The average molecular weight is 280 g/mol. The summed E-state index contributed by atoms with van der Waals surface area (Å²) in [6, 6.07) is 0. The molecule has 0 aliphatic rings. The minimum Gasteiger partial charge on any atom is -0.338 e. The van der Waals surface area contributed by atoms with Crippen LogP contribution in [0, 0.1) is 6.92 Å². The topological polar surface area (TPSA) is 63.8 Å². The number of nitrogens with zero attached hydrogens (tertiary/aromatic N) is 3. The number of thiazole rings is 1. The molecule has 19 heavy (non-hydrogen) atoms. The molecule has 6 heteroatoms. The number of nitrogens with one attached hydrogen (secondary N) is 1. The summed E-state index contributed by atoms with van der Waals surface area (Å²) < 4.78 is 5.20. The Morgan fingerprint density at radius 3 is 2.68 bits per heavy atom. The molecule has 0 aliphatic carbocycles. The Bertz CT molecular complexity index is 536. The van der Waals surface area contributed by atoms with Crippen molar-refractivity contribution >= 4 is 11.3 Å². The molecular weight excluding hydrogens is 260 g/mol. The Balaban J connectivity index is 2.06. The molecule has 0 aromatic carbocycles. The van der Waals surface area contributed by atoms with Gasteiger partial charge in [0.25, 0.3) is 0 Å². The summed E-state index contributed by atoms with van der Waals surface area (Å²) in [5.74, 6) is 1.38. The van der Waals surface area contributed by atoms with Crippen molar-refractivity contribution in [2.45, 2.75) is 52.6 Å². The first-order valence-electron chi connectivity index (χ1n) is 6.56. The van der Waals surface area contributed by atoms with Gasteiger partial charge in [-0.15, -0.1) is 11.3 Å². The quantitative estimate of drug-likeness (QED) is 0.881. The molecule has 1 unspecified atom stereocenters. The van der Waals surface area contributed by atoms with E-state index in [0.29, 0.717) is 12.4 Å².